The molecule has 0 aliphatic rings. The van der Waals surface area contributed by atoms with Gasteiger partial charge in [0.25, 0.3) is 5.91 Å². The molecule has 6 heteroatoms. The lowest BCUT2D eigenvalue weighted by Crippen LogP contribution is -2.43. The van der Waals surface area contributed by atoms with E-state index in [4.69, 9.17) is 9.47 Å². The van der Waals surface area contributed by atoms with Crippen LogP contribution in [0.25, 0.3) is 0 Å². The fourth-order valence-corrected chi connectivity index (χ4v) is 1.18. The minimum atomic E-state index is -0.485. The van der Waals surface area contributed by atoms with Crippen LogP contribution in [-0.4, -0.2) is 37.6 Å². The first-order chi connectivity index (χ1) is 7.19. The van der Waals surface area contributed by atoms with Gasteiger partial charge in [0.05, 0.1) is 6.04 Å². The number of ether oxygens (including phenoxy) is 2. The van der Waals surface area contributed by atoms with Crippen molar-refractivity contribution in [3.8, 4) is 0 Å². The van der Waals surface area contributed by atoms with Gasteiger partial charge in [0, 0.05) is 20.3 Å². The Morgan fingerprint density at radius 2 is 2.20 bits per heavy atom. The zero-order valence-corrected chi connectivity index (χ0v) is 8.89. The summed E-state index contributed by atoms with van der Waals surface area (Å²) in [7, 11) is 3.01. The second-order valence-corrected chi connectivity index (χ2v) is 2.99. The van der Waals surface area contributed by atoms with E-state index in [0.29, 0.717) is 0 Å². The van der Waals surface area contributed by atoms with E-state index in [-0.39, 0.29) is 17.6 Å². The van der Waals surface area contributed by atoms with Crippen molar-refractivity contribution in [2.45, 2.75) is 19.3 Å². The van der Waals surface area contributed by atoms with Gasteiger partial charge in [-0.3, -0.25) is 4.79 Å². The van der Waals surface area contributed by atoms with Gasteiger partial charge >= 0.3 is 0 Å². The van der Waals surface area contributed by atoms with Crippen LogP contribution in [0.3, 0.4) is 0 Å². The molecule has 1 rings (SSSR count). The topological polar surface area (TPSA) is 73.6 Å². The van der Waals surface area contributed by atoms with Gasteiger partial charge in [-0.25, -0.2) is 0 Å². The molecule has 1 atom stereocenters. The Balaban J connectivity index is 2.51. The number of aromatic nitrogens is 1. The van der Waals surface area contributed by atoms with Crippen LogP contribution in [0, 0.1) is 0 Å². The normalized spacial score (nSPS) is 12.8. The van der Waals surface area contributed by atoms with Crippen molar-refractivity contribution in [3.63, 3.8) is 0 Å². The molecule has 84 valence electrons. The number of nitrogens with zero attached hydrogens (tertiary/aromatic N) is 1. The van der Waals surface area contributed by atoms with Crippen LogP contribution in [0.2, 0.25) is 0 Å². The summed E-state index contributed by atoms with van der Waals surface area (Å²) in [5.74, 6) is -0.324. The lowest BCUT2D eigenvalue weighted by Gasteiger charge is -2.21. The molecule has 0 aromatic carbocycles. The highest BCUT2D eigenvalue weighted by Gasteiger charge is 2.19. The number of hydrogen-bond acceptors (Lipinski definition) is 5. The monoisotopic (exact) mass is 214 g/mol. The Hall–Kier alpha value is -1.40. The van der Waals surface area contributed by atoms with E-state index in [1.54, 1.807) is 6.92 Å². The standard InChI is InChI=1S/C9H14N2O4/c1-6(9(13-2)14-3)10-8(12)7-4-5-15-11-7/h4-6,9H,1-3H3,(H,10,12). The summed E-state index contributed by atoms with van der Waals surface area (Å²) in [4.78, 5) is 11.5. The van der Waals surface area contributed by atoms with Crippen LogP contribution in [0.5, 0.6) is 0 Å². The minimum absolute atomic E-state index is 0.229. The highest BCUT2D eigenvalue weighted by atomic mass is 16.7. The number of methoxy groups -OCH3 is 2. The Kier molecular flexibility index (Phi) is 4.26. The van der Waals surface area contributed by atoms with E-state index in [1.807, 2.05) is 0 Å². The van der Waals surface area contributed by atoms with Gasteiger partial charge in [-0.05, 0) is 6.92 Å². The first-order valence-corrected chi connectivity index (χ1v) is 4.46. The SMILES string of the molecule is COC(OC)C(C)NC(=O)c1ccon1. The number of nitrogens with one attached hydrogen (secondary N) is 1. The maximum atomic E-state index is 11.5. The van der Waals surface area contributed by atoms with E-state index in [9.17, 15) is 4.79 Å². The Bertz CT molecular complexity index is 295. The van der Waals surface area contributed by atoms with E-state index in [0.717, 1.165) is 0 Å². The highest BCUT2D eigenvalue weighted by molar-refractivity contribution is 5.92. The van der Waals surface area contributed by atoms with Crippen LogP contribution in [0.1, 0.15) is 17.4 Å². The van der Waals surface area contributed by atoms with Gasteiger partial charge in [-0.1, -0.05) is 5.16 Å². The molecular weight excluding hydrogens is 200 g/mol. The zero-order valence-electron chi connectivity index (χ0n) is 8.89. The zero-order chi connectivity index (χ0) is 11.3. The van der Waals surface area contributed by atoms with Crippen molar-refractivity contribution >= 4 is 5.91 Å². The molecule has 1 N–H and O–H groups in total. The quantitative estimate of drug-likeness (QED) is 0.719. The molecule has 0 aliphatic carbocycles. The number of carbonyl (C=O) groups excluding carboxylic acids is 1. The Labute approximate surface area is 87.5 Å². The van der Waals surface area contributed by atoms with Gasteiger partial charge in [-0.2, -0.15) is 0 Å². The fourth-order valence-electron chi connectivity index (χ4n) is 1.18. The lowest BCUT2D eigenvalue weighted by molar-refractivity contribution is -0.117. The van der Waals surface area contributed by atoms with Crippen LogP contribution < -0.4 is 5.32 Å². The summed E-state index contributed by atoms with van der Waals surface area (Å²) in [5, 5.41) is 6.18. The van der Waals surface area contributed by atoms with Crippen molar-refractivity contribution in [1.82, 2.24) is 10.5 Å². The van der Waals surface area contributed by atoms with Gasteiger partial charge in [-0.15, -0.1) is 0 Å². The second-order valence-electron chi connectivity index (χ2n) is 2.99. The van der Waals surface area contributed by atoms with E-state index in [1.165, 1.54) is 26.5 Å². The van der Waals surface area contributed by atoms with E-state index >= 15 is 0 Å². The summed E-state index contributed by atoms with van der Waals surface area (Å²) in [6.45, 7) is 1.77. The largest absolute Gasteiger partial charge is 0.364 e. The van der Waals surface area contributed by atoms with Crippen LogP contribution in [0.4, 0.5) is 0 Å². The fraction of sp³-hybridized carbons (Fsp3) is 0.556. The van der Waals surface area contributed by atoms with Crippen molar-refractivity contribution in [2.24, 2.45) is 0 Å². The Morgan fingerprint density at radius 3 is 2.67 bits per heavy atom. The molecule has 1 aromatic rings. The molecule has 1 amide bonds. The molecule has 0 aliphatic heterocycles. The maximum Gasteiger partial charge on any atom is 0.273 e. The van der Waals surface area contributed by atoms with Crippen LogP contribution >= 0.6 is 0 Å². The smallest absolute Gasteiger partial charge is 0.273 e. The molecule has 0 fully saturated rings. The molecular formula is C9H14N2O4. The molecule has 1 heterocycles. The second kappa shape index (κ2) is 5.47. The van der Waals surface area contributed by atoms with Gasteiger partial charge in [0.2, 0.25) is 0 Å². The van der Waals surface area contributed by atoms with Crippen molar-refractivity contribution in [2.75, 3.05) is 14.2 Å². The molecule has 0 spiro atoms. The number of rotatable bonds is 5. The third-order valence-electron chi connectivity index (χ3n) is 1.90. The molecule has 1 aromatic heterocycles. The van der Waals surface area contributed by atoms with Gasteiger partial charge in [0.15, 0.2) is 12.0 Å². The first kappa shape index (κ1) is 11.7. The molecule has 0 saturated heterocycles. The molecule has 1 unspecified atom stereocenters. The molecule has 0 radical (unpaired) electrons. The predicted octanol–water partition coefficient (Wildman–Crippen LogP) is 0.412. The maximum absolute atomic E-state index is 11.5. The summed E-state index contributed by atoms with van der Waals surface area (Å²) in [6, 6.07) is 1.21. The number of carbonyl (C=O) groups is 1. The Morgan fingerprint density at radius 1 is 1.53 bits per heavy atom. The highest BCUT2D eigenvalue weighted by Crippen LogP contribution is 2.01. The van der Waals surface area contributed by atoms with E-state index < -0.39 is 6.29 Å². The third-order valence-corrected chi connectivity index (χ3v) is 1.90. The molecule has 0 bridgehead atoms. The predicted molar refractivity (Wildman–Crippen MR) is 51.2 cm³/mol. The van der Waals surface area contributed by atoms with Crippen molar-refractivity contribution < 1.29 is 18.8 Å². The first-order valence-electron chi connectivity index (χ1n) is 4.46. The summed E-state index contributed by atoms with van der Waals surface area (Å²) in [6.07, 6.45) is 0.852. The van der Waals surface area contributed by atoms with Crippen LogP contribution in [0.15, 0.2) is 16.9 Å². The third kappa shape index (κ3) is 3.03. The van der Waals surface area contributed by atoms with Crippen LogP contribution in [-0.2, 0) is 9.47 Å². The van der Waals surface area contributed by atoms with Crippen molar-refractivity contribution in [1.29, 1.82) is 0 Å². The minimum Gasteiger partial charge on any atom is -0.364 e. The van der Waals surface area contributed by atoms with Gasteiger partial charge < -0.3 is 19.3 Å². The average Bonchev–Trinajstić information content (AvgIpc) is 2.72. The number of hydrogen-bond donors (Lipinski definition) is 1. The van der Waals surface area contributed by atoms with Crippen molar-refractivity contribution in [3.05, 3.63) is 18.0 Å². The van der Waals surface area contributed by atoms with Gasteiger partial charge in [0.1, 0.15) is 6.26 Å². The number of amides is 1. The lowest BCUT2D eigenvalue weighted by atomic mass is 10.3. The molecule has 15 heavy (non-hydrogen) atoms. The molecule has 0 saturated carbocycles. The summed E-state index contributed by atoms with van der Waals surface area (Å²) < 4.78 is 14.6. The average molecular weight is 214 g/mol. The molecule has 6 nitrogen and oxygen atoms in total. The summed E-state index contributed by atoms with van der Waals surface area (Å²) in [5.41, 5.74) is 0.229. The summed E-state index contributed by atoms with van der Waals surface area (Å²) >= 11 is 0. The van der Waals surface area contributed by atoms with E-state index in [2.05, 4.69) is 15.0 Å².